The van der Waals surface area contributed by atoms with Crippen molar-refractivity contribution < 1.29 is 13.9 Å². The Morgan fingerprint density at radius 2 is 1.80 bits per heavy atom. The Kier molecular flexibility index (Phi) is 3.15. The molecule has 1 aliphatic heterocycles. The summed E-state index contributed by atoms with van der Waals surface area (Å²) < 4.78 is 17.1. The van der Waals surface area contributed by atoms with Crippen LogP contribution in [-0.2, 0) is 9.47 Å². The van der Waals surface area contributed by atoms with Gasteiger partial charge >= 0.3 is 0 Å². The molecule has 0 spiro atoms. The topological polar surface area (TPSA) is 48.7 Å². The summed E-state index contributed by atoms with van der Waals surface area (Å²) in [6, 6.07) is 7.22. The number of fused-ring (bicyclic) bond motifs is 1. The lowest BCUT2D eigenvalue weighted by molar-refractivity contribution is -0.227. The zero-order chi connectivity index (χ0) is 14.3. The first-order valence-electron chi connectivity index (χ1n) is 6.73. The van der Waals surface area contributed by atoms with E-state index >= 15 is 0 Å². The fourth-order valence-electron chi connectivity index (χ4n) is 2.40. The van der Waals surface area contributed by atoms with Crippen molar-refractivity contribution in [2.24, 2.45) is 5.41 Å². The maximum absolute atomic E-state index is 12.6. The highest BCUT2D eigenvalue weighted by Gasteiger charge is 2.32. The van der Waals surface area contributed by atoms with Crippen LogP contribution < -0.4 is 5.43 Å². The van der Waals surface area contributed by atoms with Crippen molar-refractivity contribution in [1.82, 2.24) is 0 Å². The molecule has 4 heteroatoms. The minimum Gasteiger partial charge on any atom is -0.461 e. The Hall–Kier alpha value is -1.65. The van der Waals surface area contributed by atoms with Crippen LogP contribution in [0.5, 0.6) is 0 Å². The van der Waals surface area contributed by atoms with Crippen LogP contribution in [0.1, 0.15) is 31.5 Å². The van der Waals surface area contributed by atoms with Gasteiger partial charge in [0.2, 0.25) is 5.43 Å². The molecular formula is C16H18O4. The van der Waals surface area contributed by atoms with E-state index in [1.54, 1.807) is 19.1 Å². The van der Waals surface area contributed by atoms with Crippen molar-refractivity contribution in [1.29, 1.82) is 0 Å². The summed E-state index contributed by atoms with van der Waals surface area (Å²) in [5.74, 6) is 0.554. The first-order chi connectivity index (χ1) is 9.48. The quantitative estimate of drug-likeness (QED) is 0.801. The molecule has 1 aromatic heterocycles. The molecule has 1 fully saturated rings. The molecule has 0 bridgehead atoms. The molecule has 0 amide bonds. The van der Waals surface area contributed by atoms with Crippen LogP contribution in [0.2, 0.25) is 0 Å². The minimum atomic E-state index is -0.635. The van der Waals surface area contributed by atoms with E-state index in [0.717, 1.165) is 0 Å². The highest BCUT2D eigenvalue weighted by atomic mass is 16.7. The van der Waals surface area contributed by atoms with E-state index in [1.807, 2.05) is 12.1 Å². The lowest BCUT2D eigenvalue weighted by atomic mass is 9.95. The van der Waals surface area contributed by atoms with Crippen molar-refractivity contribution in [3.8, 4) is 0 Å². The molecule has 1 aliphatic rings. The van der Waals surface area contributed by atoms with E-state index in [4.69, 9.17) is 13.9 Å². The lowest BCUT2D eigenvalue weighted by Crippen LogP contribution is -2.35. The smallest absolute Gasteiger partial charge is 0.201 e. The Bertz CT molecular complexity index is 689. The molecular weight excluding hydrogens is 256 g/mol. The Morgan fingerprint density at radius 1 is 1.15 bits per heavy atom. The van der Waals surface area contributed by atoms with Crippen LogP contribution in [0.3, 0.4) is 0 Å². The zero-order valence-corrected chi connectivity index (χ0v) is 11.9. The summed E-state index contributed by atoms with van der Waals surface area (Å²) in [5.41, 5.74) is 0.963. The molecule has 1 aromatic carbocycles. The number of para-hydroxylation sites is 1. The molecule has 0 unspecified atom stereocenters. The minimum absolute atomic E-state index is 0.0263. The molecule has 4 nitrogen and oxygen atoms in total. The van der Waals surface area contributed by atoms with Gasteiger partial charge in [0.05, 0.1) is 24.2 Å². The highest BCUT2D eigenvalue weighted by molar-refractivity contribution is 5.77. The van der Waals surface area contributed by atoms with Crippen LogP contribution in [0.4, 0.5) is 0 Å². The molecule has 0 atom stereocenters. The van der Waals surface area contributed by atoms with Crippen molar-refractivity contribution >= 4 is 11.0 Å². The molecule has 0 saturated carbocycles. The van der Waals surface area contributed by atoms with Gasteiger partial charge in [-0.3, -0.25) is 4.79 Å². The largest absolute Gasteiger partial charge is 0.461 e. The van der Waals surface area contributed by atoms with Crippen LogP contribution in [0.15, 0.2) is 33.5 Å². The van der Waals surface area contributed by atoms with Gasteiger partial charge in [-0.15, -0.1) is 0 Å². The van der Waals surface area contributed by atoms with Crippen molar-refractivity contribution in [3.63, 3.8) is 0 Å². The summed E-state index contributed by atoms with van der Waals surface area (Å²) in [6.45, 7) is 7.03. The molecule has 3 rings (SSSR count). The van der Waals surface area contributed by atoms with Gasteiger partial charge in [-0.25, -0.2) is 0 Å². The molecule has 2 aromatic rings. The van der Waals surface area contributed by atoms with E-state index in [-0.39, 0.29) is 10.8 Å². The first-order valence-corrected chi connectivity index (χ1v) is 6.73. The SMILES string of the molecule is Cc1oc2ccccc2c(=O)c1C1OCC(C)(C)CO1. The number of benzene rings is 1. The van der Waals surface area contributed by atoms with Crippen molar-refractivity contribution in [2.45, 2.75) is 27.1 Å². The summed E-state index contributed by atoms with van der Waals surface area (Å²) in [4.78, 5) is 12.6. The summed E-state index contributed by atoms with van der Waals surface area (Å²) >= 11 is 0. The van der Waals surface area contributed by atoms with E-state index in [1.165, 1.54) is 0 Å². The maximum Gasteiger partial charge on any atom is 0.201 e. The number of aryl methyl sites for hydroxylation is 1. The summed E-state index contributed by atoms with van der Waals surface area (Å²) in [5, 5.41) is 0.560. The third-order valence-electron chi connectivity index (χ3n) is 3.51. The van der Waals surface area contributed by atoms with Crippen LogP contribution in [0.25, 0.3) is 11.0 Å². The highest BCUT2D eigenvalue weighted by Crippen LogP contribution is 2.31. The Morgan fingerprint density at radius 3 is 2.50 bits per heavy atom. The third-order valence-corrected chi connectivity index (χ3v) is 3.51. The van der Waals surface area contributed by atoms with Crippen LogP contribution in [0, 0.1) is 12.3 Å². The van der Waals surface area contributed by atoms with E-state index < -0.39 is 6.29 Å². The predicted octanol–water partition coefficient (Wildman–Crippen LogP) is 3.17. The second-order valence-corrected chi connectivity index (χ2v) is 6.02. The van der Waals surface area contributed by atoms with Crippen LogP contribution >= 0.6 is 0 Å². The lowest BCUT2D eigenvalue weighted by Gasteiger charge is -2.34. The molecule has 2 heterocycles. The van der Waals surface area contributed by atoms with E-state index in [9.17, 15) is 4.79 Å². The standard InChI is InChI=1S/C16H18O4/c1-10-13(15-18-8-16(2,3)9-19-15)14(17)11-6-4-5-7-12(11)20-10/h4-7,15H,8-9H2,1-3H3. The second kappa shape index (κ2) is 4.72. The first kappa shape index (κ1) is 13.3. The molecule has 106 valence electrons. The number of ether oxygens (including phenoxy) is 2. The predicted molar refractivity (Wildman–Crippen MR) is 75.6 cm³/mol. The van der Waals surface area contributed by atoms with Gasteiger partial charge < -0.3 is 13.9 Å². The fraction of sp³-hybridized carbons (Fsp3) is 0.438. The van der Waals surface area contributed by atoms with Gasteiger partial charge in [0.25, 0.3) is 0 Å². The third kappa shape index (κ3) is 2.25. The molecule has 0 N–H and O–H groups in total. The Balaban J connectivity index is 2.06. The summed E-state index contributed by atoms with van der Waals surface area (Å²) in [6.07, 6.45) is -0.635. The second-order valence-electron chi connectivity index (χ2n) is 6.02. The number of rotatable bonds is 1. The van der Waals surface area contributed by atoms with Gasteiger partial charge in [0.1, 0.15) is 11.3 Å². The van der Waals surface area contributed by atoms with E-state index in [2.05, 4.69) is 13.8 Å². The monoisotopic (exact) mass is 274 g/mol. The number of hydrogen-bond donors (Lipinski definition) is 0. The molecule has 0 aliphatic carbocycles. The van der Waals surface area contributed by atoms with Gasteiger partial charge in [-0.2, -0.15) is 0 Å². The van der Waals surface area contributed by atoms with Gasteiger partial charge in [0.15, 0.2) is 6.29 Å². The van der Waals surface area contributed by atoms with Gasteiger partial charge in [-0.1, -0.05) is 26.0 Å². The van der Waals surface area contributed by atoms with Crippen LogP contribution in [-0.4, -0.2) is 13.2 Å². The molecule has 20 heavy (non-hydrogen) atoms. The normalized spacial score (nSPS) is 19.4. The van der Waals surface area contributed by atoms with E-state index in [0.29, 0.717) is 35.5 Å². The zero-order valence-electron chi connectivity index (χ0n) is 11.9. The fourth-order valence-corrected chi connectivity index (χ4v) is 2.40. The average Bonchev–Trinajstić information content (AvgIpc) is 2.40. The van der Waals surface area contributed by atoms with Gasteiger partial charge in [0, 0.05) is 5.41 Å². The maximum atomic E-state index is 12.6. The molecule has 0 radical (unpaired) electrons. The summed E-state index contributed by atoms with van der Waals surface area (Å²) in [7, 11) is 0. The number of hydrogen-bond acceptors (Lipinski definition) is 4. The van der Waals surface area contributed by atoms with Crippen molar-refractivity contribution in [2.75, 3.05) is 13.2 Å². The van der Waals surface area contributed by atoms with Gasteiger partial charge in [-0.05, 0) is 19.1 Å². The van der Waals surface area contributed by atoms with Crippen molar-refractivity contribution in [3.05, 3.63) is 45.8 Å². The molecule has 1 saturated heterocycles. The Labute approximate surface area is 117 Å². The average molecular weight is 274 g/mol.